The molecule has 0 spiro atoms. The maximum Gasteiger partial charge on any atom is 0.406 e. The van der Waals surface area contributed by atoms with E-state index in [1.54, 1.807) is 6.92 Å². The molecule has 0 aromatic heterocycles. The number of nitrogens with zero attached hydrogens (tertiary/aromatic N) is 1. The van der Waals surface area contributed by atoms with Crippen LogP contribution in [0.15, 0.2) is 0 Å². The summed E-state index contributed by atoms with van der Waals surface area (Å²) in [5.74, 6) is 0.187. The second-order valence-electron chi connectivity index (χ2n) is 6.11. The van der Waals surface area contributed by atoms with Gasteiger partial charge in [-0.15, -0.1) is 0 Å². The zero-order valence-electron chi connectivity index (χ0n) is 13.0. The number of hydrogen-bond donors (Lipinski definition) is 1. The predicted octanol–water partition coefficient (Wildman–Crippen LogP) is 3.33. The van der Waals surface area contributed by atoms with Crippen LogP contribution in [0.1, 0.15) is 52.4 Å². The SMILES string of the molecule is CCC(CCN)CCC(=O)N(CC(F)(F)F)C(C)C1CC1. The van der Waals surface area contributed by atoms with Gasteiger partial charge in [0.1, 0.15) is 6.54 Å². The zero-order chi connectivity index (χ0) is 16.0. The molecule has 0 heterocycles. The number of rotatable bonds is 9. The summed E-state index contributed by atoms with van der Waals surface area (Å²) in [6.07, 6.45) is 0.0500. The molecule has 3 nitrogen and oxygen atoms in total. The van der Waals surface area contributed by atoms with Gasteiger partial charge >= 0.3 is 6.18 Å². The van der Waals surface area contributed by atoms with Crippen LogP contribution in [-0.2, 0) is 4.79 Å². The number of carbonyl (C=O) groups excluding carboxylic acids is 1. The lowest BCUT2D eigenvalue weighted by Gasteiger charge is -2.30. The van der Waals surface area contributed by atoms with Gasteiger partial charge in [0.15, 0.2) is 0 Å². The molecule has 0 aromatic carbocycles. The van der Waals surface area contributed by atoms with Gasteiger partial charge in [-0.3, -0.25) is 4.79 Å². The molecule has 124 valence electrons. The van der Waals surface area contributed by atoms with Crippen LogP contribution in [0.3, 0.4) is 0 Å². The average molecular weight is 308 g/mol. The number of halogens is 3. The molecular formula is C15H27F3N2O. The standard InChI is InChI=1S/C15H27F3N2O/c1-3-12(8-9-19)4-7-14(21)20(10-15(16,17)18)11(2)13-5-6-13/h11-13H,3-10,19H2,1-2H3. The Balaban J connectivity index is 2.57. The van der Waals surface area contributed by atoms with Crippen LogP contribution < -0.4 is 5.73 Å². The first kappa shape index (κ1) is 18.3. The third-order valence-corrected chi connectivity index (χ3v) is 4.38. The molecular weight excluding hydrogens is 281 g/mol. The summed E-state index contributed by atoms with van der Waals surface area (Å²) in [6, 6.07) is -0.311. The van der Waals surface area contributed by atoms with Crippen LogP contribution in [0, 0.1) is 11.8 Å². The molecule has 1 aliphatic carbocycles. The lowest BCUT2D eigenvalue weighted by atomic mass is 9.96. The summed E-state index contributed by atoms with van der Waals surface area (Å²) in [4.78, 5) is 13.2. The summed E-state index contributed by atoms with van der Waals surface area (Å²) >= 11 is 0. The first-order valence-electron chi connectivity index (χ1n) is 7.84. The van der Waals surface area contributed by atoms with Crippen molar-refractivity contribution in [1.29, 1.82) is 0 Å². The summed E-state index contributed by atoms with van der Waals surface area (Å²) in [5.41, 5.74) is 5.51. The summed E-state index contributed by atoms with van der Waals surface area (Å²) < 4.78 is 38.1. The van der Waals surface area contributed by atoms with Crippen molar-refractivity contribution in [2.75, 3.05) is 13.1 Å². The van der Waals surface area contributed by atoms with Crippen molar-refractivity contribution in [1.82, 2.24) is 4.90 Å². The van der Waals surface area contributed by atoms with Crippen LogP contribution in [0.5, 0.6) is 0 Å². The molecule has 6 heteroatoms. The fraction of sp³-hybridized carbons (Fsp3) is 0.933. The number of alkyl halides is 3. The van der Waals surface area contributed by atoms with Crippen LogP contribution in [0.2, 0.25) is 0 Å². The van der Waals surface area contributed by atoms with Gasteiger partial charge in [-0.1, -0.05) is 13.3 Å². The van der Waals surface area contributed by atoms with Gasteiger partial charge in [0.25, 0.3) is 0 Å². The molecule has 1 saturated carbocycles. The van der Waals surface area contributed by atoms with E-state index in [0.29, 0.717) is 18.9 Å². The molecule has 1 aliphatic rings. The second-order valence-corrected chi connectivity index (χ2v) is 6.11. The highest BCUT2D eigenvalue weighted by Gasteiger charge is 2.40. The van der Waals surface area contributed by atoms with Crippen molar-refractivity contribution in [3.8, 4) is 0 Å². The quantitative estimate of drug-likeness (QED) is 0.710. The van der Waals surface area contributed by atoms with Crippen molar-refractivity contribution >= 4 is 5.91 Å². The van der Waals surface area contributed by atoms with Crippen LogP contribution >= 0.6 is 0 Å². The highest BCUT2D eigenvalue weighted by molar-refractivity contribution is 5.76. The molecule has 0 saturated heterocycles. The minimum absolute atomic E-state index is 0.186. The van der Waals surface area contributed by atoms with Crippen molar-refractivity contribution < 1.29 is 18.0 Å². The maximum atomic E-state index is 12.7. The van der Waals surface area contributed by atoms with Crippen LogP contribution in [0.4, 0.5) is 13.2 Å². The largest absolute Gasteiger partial charge is 0.406 e. The lowest BCUT2D eigenvalue weighted by molar-refractivity contribution is -0.166. The van der Waals surface area contributed by atoms with Crippen molar-refractivity contribution in [3.05, 3.63) is 0 Å². The zero-order valence-corrected chi connectivity index (χ0v) is 13.0. The van der Waals surface area contributed by atoms with Gasteiger partial charge in [0.2, 0.25) is 5.91 Å². The topological polar surface area (TPSA) is 46.3 Å². The Labute approximate surface area is 125 Å². The van der Waals surface area contributed by atoms with E-state index in [2.05, 4.69) is 0 Å². The van der Waals surface area contributed by atoms with E-state index in [-0.39, 0.29) is 24.3 Å². The Morgan fingerprint density at radius 3 is 2.38 bits per heavy atom. The van der Waals surface area contributed by atoms with Gasteiger partial charge in [-0.2, -0.15) is 13.2 Å². The van der Waals surface area contributed by atoms with Gasteiger partial charge in [0, 0.05) is 12.5 Å². The van der Waals surface area contributed by atoms with Gasteiger partial charge in [0.05, 0.1) is 0 Å². The normalized spacial score (nSPS) is 18.4. The Bertz CT molecular complexity index is 329. The third kappa shape index (κ3) is 6.68. The molecule has 1 fully saturated rings. The Morgan fingerprint density at radius 2 is 1.95 bits per heavy atom. The molecule has 0 bridgehead atoms. The van der Waals surface area contributed by atoms with Crippen molar-refractivity contribution in [2.24, 2.45) is 17.6 Å². The fourth-order valence-electron chi connectivity index (χ4n) is 2.75. The summed E-state index contributed by atoms with van der Waals surface area (Å²) in [6.45, 7) is 3.18. The first-order chi connectivity index (χ1) is 9.78. The van der Waals surface area contributed by atoms with E-state index in [9.17, 15) is 18.0 Å². The fourth-order valence-corrected chi connectivity index (χ4v) is 2.75. The minimum atomic E-state index is -4.33. The molecule has 1 rings (SSSR count). The highest BCUT2D eigenvalue weighted by Crippen LogP contribution is 2.36. The van der Waals surface area contributed by atoms with Gasteiger partial charge in [-0.05, 0) is 51.0 Å². The summed E-state index contributed by atoms with van der Waals surface area (Å²) in [5, 5.41) is 0. The predicted molar refractivity (Wildman–Crippen MR) is 76.6 cm³/mol. The van der Waals surface area contributed by atoms with Crippen molar-refractivity contribution in [3.63, 3.8) is 0 Å². The van der Waals surface area contributed by atoms with E-state index in [4.69, 9.17) is 5.73 Å². The van der Waals surface area contributed by atoms with Crippen molar-refractivity contribution in [2.45, 2.75) is 64.6 Å². The Kier molecular flexibility index (Phi) is 6.97. The van der Waals surface area contributed by atoms with E-state index in [1.165, 1.54) is 0 Å². The maximum absolute atomic E-state index is 12.7. The number of hydrogen-bond acceptors (Lipinski definition) is 2. The Morgan fingerprint density at radius 1 is 1.33 bits per heavy atom. The molecule has 0 aromatic rings. The van der Waals surface area contributed by atoms with E-state index < -0.39 is 12.7 Å². The van der Waals surface area contributed by atoms with E-state index in [1.807, 2.05) is 6.92 Å². The molecule has 2 N–H and O–H groups in total. The number of carbonyl (C=O) groups is 1. The highest BCUT2D eigenvalue weighted by atomic mass is 19.4. The monoisotopic (exact) mass is 308 g/mol. The summed E-state index contributed by atoms with van der Waals surface area (Å²) in [7, 11) is 0. The average Bonchev–Trinajstić information content (AvgIpc) is 3.23. The van der Waals surface area contributed by atoms with E-state index >= 15 is 0 Å². The van der Waals surface area contributed by atoms with Gasteiger partial charge in [-0.25, -0.2) is 0 Å². The number of amides is 1. The number of nitrogens with two attached hydrogens (primary N) is 1. The molecule has 21 heavy (non-hydrogen) atoms. The Hall–Kier alpha value is -0.780. The minimum Gasteiger partial charge on any atom is -0.331 e. The molecule has 2 atom stereocenters. The molecule has 2 unspecified atom stereocenters. The first-order valence-corrected chi connectivity index (χ1v) is 7.84. The third-order valence-electron chi connectivity index (χ3n) is 4.38. The molecule has 0 radical (unpaired) electrons. The second kappa shape index (κ2) is 8.01. The lowest BCUT2D eigenvalue weighted by Crippen LogP contribution is -2.45. The van der Waals surface area contributed by atoms with Gasteiger partial charge < -0.3 is 10.6 Å². The van der Waals surface area contributed by atoms with Crippen LogP contribution in [-0.4, -0.2) is 36.1 Å². The molecule has 0 aliphatic heterocycles. The van der Waals surface area contributed by atoms with E-state index in [0.717, 1.165) is 30.6 Å². The smallest absolute Gasteiger partial charge is 0.331 e. The molecule has 1 amide bonds. The van der Waals surface area contributed by atoms with Crippen LogP contribution in [0.25, 0.3) is 0 Å².